The van der Waals surface area contributed by atoms with Gasteiger partial charge in [0.25, 0.3) is 0 Å². The smallest absolute Gasteiger partial charge is 0.322 e. The van der Waals surface area contributed by atoms with Gasteiger partial charge in [0.1, 0.15) is 6.04 Å². The maximum atomic E-state index is 11.1. The van der Waals surface area contributed by atoms with Crippen molar-refractivity contribution in [3.8, 4) is 0 Å². The fraction of sp³-hybridized carbons (Fsp3) is 0.900. The minimum absolute atomic E-state index is 0.313. The lowest BCUT2D eigenvalue weighted by atomic mass is 10.0. The minimum atomic E-state index is -0.680. The van der Waals surface area contributed by atoms with Crippen LogP contribution in [0.25, 0.3) is 0 Å². The second-order valence-corrected chi connectivity index (χ2v) is 5.36. The molecule has 0 aliphatic carbocycles. The molecular weight excluding hydrogens is 212 g/mol. The van der Waals surface area contributed by atoms with Gasteiger partial charge in [-0.3, -0.25) is 9.69 Å². The van der Waals surface area contributed by atoms with E-state index in [-0.39, 0.29) is 6.04 Å². The number of thioether (sulfide) groups is 1. The zero-order chi connectivity index (χ0) is 10.7. The van der Waals surface area contributed by atoms with Crippen molar-refractivity contribution < 1.29 is 9.90 Å². The molecule has 0 saturated carbocycles. The summed E-state index contributed by atoms with van der Waals surface area (Å²) in [6.07, 6.45) is 2.29. The molecule has 0 spiro atoms. The number of rotatable bonds is 2. The molecule has 0 aromatic carbocycles. The van der Waals surface area contributed by atoms with Crippen LogP contribution in [0.3, 0.4) is 0 Å². The van der Waals surface area contributed by atoms with Gasteiger partial charge in [-0.05, 0) is 24.3 Å². The molecule has 1 unspecified atom stereocenters. The number of hydrogen-bond acceptors (Lipinski definition) is 4. The Balaban J connectivity index is 1.99. The van der Waals surface area contributed by atoms with Gasteiger partial charge in [-0.25, -0.2) is 0 Å². The Kier molecular flexibility index (Phi) is 3.88. The van der Waals surface area contributed by atoms with E-state index in [1.165, 1.54) is 11.5 Å². The van der Waals surface area contributed by atoms with Gasteiger partial charge in [0.2, 0.25) is 0 Å². The molecule has 2 N–H and O–H groups in total. The molecule has 0 aromatic rings. The molecule has 2 aliphatic heterocycles. The Labute approximate surface area is 94.4 Å². The first-order valence-corrected chi connectivity index (χ1v) is 6.71. The van der Waals surface area contributed by atoms with Gasteiger partial charge in [0, 0.05) is 25.7 Å². The van der Waals surface area contributed by atoms with Gasteiger partial charge in [-0.15, -0.1) is 0 Å². The number of carbonyl (C=O) groups is 1. The van der Waals surface area contributed by atoms with Crippen LogP contribution in [0.1, 0.15) is 12.8 Å². The van der Waals surface area contributed by atoms with Crippen molar-refractivity contribution in [1.82, 2.24) is 10.2 Å². The quantitative estimate of drug-likeness (QED) is 0.712. The lowest BCUT2D eigenvalue weighted by Crippen LogP contribution is -2.58. The van der Waals surface area contributed by atoms with Crippen LogP contribution in [0.2, 0.25) is 0 Å². The highest BCUT2D eigenvalue weighted by Gasteiger charge is 2.33. The molecule has 0 bridgehead atoms. The lowest BCUT2D eigenvalue weighted by Gasteiger charge is -2.40. The summed E-state index contributed by atoms with van der Waals surface area (Å²) in [4.78, 5) is 13.3. The van der Waals surface area contributed by atoms with Crippen molar-refractivity contribution in [1.29, 1.82) is 0 Å². The highest BCUT2D eigenvalue weighted by molar-refractivity contribution is 7.99. The van der Waals surface area contributed by atoms with Crippen LogP contribution in [0.15, 0.2) is 0 Å². The number of hydrogen-bond donors (Lipinski definition) is 2. The third-order valence-corrected chi connectivity index (χ3v) is 4.28. The first kappa shape index (κ1) is 11.2. The van der Waals surface area contributed by atoms with Crippen molar-refractivity contribution in [2.24, 2.45) is 0 Å². The molecule has 4 nitrogen and oxygen atoms in total. The average Bonchev–Trinajstić information content (AvgIpc) is 2.30. The predicted molar refractivity (Wildman–Crippen MR) is 61.3 cm³/mol. The fourth-order valence-electron chi connectivity index (χ4n) is 2.40. The van der Waals surface area contributed by atoms with E-state index in [1.54, 1.807) is 0 Å². The minimum Gasteiger partial charge on any atom is -0.480 e. The SMILES string of the molecule is O=C(O)C1CNCCN1C1CCSCC1. The zero-order valence-corrected chi connectivity index (χ0v) is 9.63. The Morgan fingerprint density at radius 1 is 1.40 bits per heavy atom. The van der Waals surface area contributed by atoms with E-state index in [2.05, 4.69) is 10.2 Å². The summed E-state index contributed by atoms with van der Waals surface area (Å²) in [5.41, 5.74) is 0. The van der Waals surface area contributed by atoms with Gasteiger partial charge < -0.3 is 10.4 Å². The highest BCUT2D eigenvalue weighted by Crippen LogP contribution is 2.23. The summed E-state index contributed by atoms with van der Waals surface area (Å²) in [5, 5.41) is 12.3. The molecule has 5 heteroatoms. The molecule has 0 radical (unpaired) electrons. The van der Waals surface area contributed by atoms with Crippen LogP contribution >= 0.6 is 11.8 Å². The van der Waals surface area contributed by atoms with E-state index in [4.69, 9.17) is 5.11 Å². The van der Waals surface area contributed by atoms with Crippen LogP contribution in [-0.4, -0.2) is 59.2 Å². The van der Waals surface area contributed by atoms with Gasteiger partial charge in [-0.1, -0.05) is 0 Å². The molecule has 2 saturated heterocycles. The van der Waals surface area contributed by atoms with E-state index >= 15 is 0 Å². The average molecular weight is 230 g/mol. The number of carboxylic acids is 1. The van der Waals surface area contributed by atoms with Crippen molar-refractivity contribution in [3.05, 3.63) is 0 Å². The van der Waals surface area contributed by atoms with Crippen molar-refractivity contribution in [2.45, 2.75) is 24.9 Å². The van der Waals surface area contributed by atoms with Crippen LogP contribution in [0.4, 0.5) is 0 Å². The summed E-state index contributed by atoms with van der Waals surface area (Å²) >= 11 is 1.98. The number of nitrogens with one attached hydrogen (secondary N) is 1. The number of aliphatic carboxylic acids is 1. The molecule has 2 heterocycles. The van der Waals surface area contributed by atoms with E-state index < -0.39 is 5.97 Å². The van der Waals surface area contributed by atoms with Crippen LogP contribution in [0, 0.1) is 0 Å². The Morgan fingerprint density at radius 3 is 2.80 bits per heavy atom. The number of carboxylic acid groups (broad SMARTS) is 1. The van der Waals surface area contributed by atoms with Gasteiger partial charge >= 0.3 is 5.97 Å². The molecular formula is C10H18N2O2S. The summed E-state index contributed by atoms with van der Waals surface area (Å²) in [6.45, 7) is 2.40. The number of nitrogens with zero attached hydrogens (tertiary/aromatic N) is 1. The normalized spacial score (nSPS) is 30.3. The molecule has 2 aliphatic rings. The second-order valence-electron chi connectivity index (χ2n) is 4.14. The fourth-order valence-corrected chi connectivity index (χ4v) is 3.48. The van der Waals surface area contributed by atoms with E-state index in [0.29, 0.717) is 12.6 Å². The molecule has 0 amide bonds. The Morgan fingerprint density at radius 2 is 2.13 bits per heavy atom. The maximum Gasteiger partial charge on any atom is 0.322 e. The first-order valence-electron chi connectivity index (χ1n) is 5.56. The van der Waals surface area contributed by atoms with Gasteiger partial charge in [-0.2, -0.15) is 11.8 Å². The van der Waals surface area contributed by atoms with Gasteiger partial charge in [0.15, 0.2) is 0 Å². The first-order chi connectivity index (χ1) is 7.29. The Hall–Kier alpha value is -0.260. The highest BCUT2D eigenvalue weighted by atomic mass is 32.2. The summed E-state index contributed by atoms with van der Waals surface area (Å²) in [6, 6.07) is 0.182. The third-order valence-electron chi connectivity index (χ3n) is 3.23. The van der Waals surface area contributed by atoms with Crippen molar-refractivity contribution in [2.75, 3.05) is 31.1 Å². The van der Waals surface area contributed by atoms with E-state index in [0.717, 1.165) is 25.9 Å². The van der Waals surface area contributed by atoms with E-state index in [1.807, 2.05) is 11.8 Å². The molecule has 86 valence electrons. The molecule has 2 rings (SSSR count). The molecule has 15 heavy (non-hydrogen) atoms. The lowest BCUT2D eigenvalue weighted by molar-refractivity contribution is -0.145. The van der Waals surface area contributed by atoms with Crippen molar-refractivity contribution >= 4 is 17.7 Å². The summed E-state index contributed by atoms with van der Waals surface area (Å²) < 4.78 is 0. The molecule has 1 atom stereocenters. The second kappa shape index (κ2) is 5.18. The Bertz CT molecular complexity index is 231. The zero-order valence-electron chi connectivity index (χ0n) is 8.82. The van der Waals surface area contributed by atoms with Crippen molar-refractivity contribution in [3.63, 3.8) is 0 Å². The molecule has 0 aromatic heterocycles. The summed E-state index contributed by atoms with van der Waals surface area (Å²) in [5.74, 6) is 1.68. The molecule has 2 fully saturated rings. The standard InChI is InChI=1S/C10H18N2O2S/c13-10(14)9-7-11-3-4-12(9)8-1-5-15-6-2-8/h8-9,11H,1-7H2,(H,13,14). The van der Waals surface area contributed by atoms with Crippen LogP contribution in [0.5, 0.6) is 0 Å². The monoisotopic (exact) mass is 230 g/mol. The van der Waals surface area contributed by atoms with E-state index in [9.17, 15) is 4.79 Å². The van der Waals surface area contributed by atoms with Crippen LogP contribution < -0.4 is 5.32 Å². The van der Waals surface area contributed by atoms with Gasteiger partial charge in [0.05, 0.1) is 0 Å². The maximum absolute atomic E-state index is 11.1. The summed E-state index contributed by atoms with van der Waals surface area (Å²) in [7, 11) is 0. The predicted octanol–water partition coefficient (Wildman–Crippen LogP) is 0.240. The largest absolute Gasteiger partial charge is 0.480 e. The topological polar surface area (TPSA) is 52.6 Å². The number of piperazine rings is 1. The third kappa shape index (κ3) is 2.65. The van der Waals surface area contributed by atoms with Crippen LogP contribution in [-0.2, 0) is 4.79 Å².